The molecule has 0 radical (unpaired) electrons. The number of rotatable bonds is 4. The van der Waals surface area contributed by atoms with E-state index in [-0.39, 0.29) is 0 Å². The zero-order valence-electron chi connectivity index (χ0n) is 10.2. The molecule has 2 heterocycles. The quantitative estimate of drug-likeness (QED) is 0.774. The van der Waals surface area contributed by atoms with Crippen LogP contribution in [0.4, 0.5) is 0 Å². The molecule has 0 atom stereocenters. The van der Waals surface area contributed by atoms with E-state index in [0.29, 0.717) is 24.0 Å². The molecule has 2 N–H and O–H groups in total. The highest BCUT2D eigenvalue weighted by Crippen LogP contribution is 2.22. The van der Waals surface area contributed by atoms with Crippen LogP contribution in [0.1, 0.15) is 5.56 Å². The molecule has 0 saturated heterocycles. The summed E-state index contributed by atoms with van der Waals surface area (Å²) in [5.41, 5.74) is 7.59. The second-order valence-electron chi connectivity index (χ2n) is 4.14. The number of furan rings is 1. The first-order valence-electron chi connectivity index (χ1n) is 6.04. The molecule has 1 aromatic carbocycles. The standard InChI is InChI=1S/C14H13N3O2/c15-8-7-10-3-5-11(6-4-10)14-16-13(17-19-14)12-2-1-9-18-12/h1-6,9H,7-8,15H2. The van der Waals surface area contributed by atoms with Gasteiger partial charge < -0.3 is 14.7 Å². The van der Waals surface area contributed by atoms with E-state index in [2.05, 4.69) is 10.1 Å². The van der Waals surface area contributed by atoms with Crippen molar-refractivity contribution in [3.8, 4) is 23.0 Å². The molecule has 0 amide bonds. The SMILES string of the molecule is NCCc1ccc(-c2nc(-c3ccco3)no2)cc1. The summed E-state index contributed by atoms with van der Waals surface area (Å²) in [6.45, 7) is 0.641. The van der Waals surface area contributed by atoms with Crippen LogP contribution in [-0.2, 0) is 6.42 Å². The fourth-order valence-electron chi connectivity index (χ4n) is 1.83. The lowest BCUT2D eigenvalue weighted by Gasteiger charge is -1.98. The highest BCUT2D eigenvalue weighted by molar-refractivity contribution is 5.56. The van der Waals surface area contributed by atoms with Crippen LogP contribution in [0.15, 0.2) is 51.6 Å². The van der Waals surface area contributed by atoms with Crippen LogP contribution >= 0.6 is 0 Å². The molecule has 0 spiro atoms. The second-order valence-corrected chi connectivity index (χ2v) is 4.14. The Morgan fingerprint density at radius 1 is 1.11 bits per heavy atom. The van der Waals surface area contributed by atoms with Crippen LogP contribution < -0.4 is 5.73 Å². The van der Waals surface area contributed by atoms with Crippen LogP contribution in [0, 0.1) is 0 Å². The highest BCUT2D eigenvalue weighted by atomic mass is 16.5. The van der Waals surface area contributed by atoms with Crippen molar-refractivity contribution in [2.45, 2.75) is 6.42 Å². The second kappa shape index (κ2) is 5.07. The van der Waals surface area contributed by atoms with Crippen LogP contribution in [0.25, 0.3) is 23.0 Å². The molecule has 3 rings (SSSR count). The summed E-state index contributed by atoms with van der Waals surface area (Å²) >= 11 is 0. The van der Waals surface area contributed by atoms with E-state index < -0.39 is 0 Å². The highest BCUT2D eigenvalue weighted by Gasteiger charge is 2.12. The van der Waals surface area contributed by atoms with E-state index in [1.165, 1.54) is 5.56 Å². The van der Waals surface area contributed by atoms with Crippen LogP contribution in [-0.4, -0.2) is 16.7 Å². The van der Waals surface area contributed by atoms with E-state index >= 15 is 0 Å². The Morgan fingerprint density at radius 2 is 1.95 bits per heavy atom. The predicted octanol–water partition coefficient (Wildman–Crippen LogP) is 2.50. The minimum atomic E-state index is 0.450. The molecule has 0 bridgehead atoms. The van der Waals surface area contributed by atoms with E-state index in [4.69, 9.17) is 14.7 Å². The Hall–Kier alpha value is -2.40. The lowest BCUT2D eigenvalue weighted by molar-refractivity contribution is 0.429. The van der Waals surface area contributed by atoms with E-state index in [9.17, 15) is 0 Å². The lowest BCUT2D eigenvalue weighted by atomic mass is 10.1. The summed E-state index contributed by atoms with van der Waals surface area (Å²) in [5.74, 6) is 1.52. The van der Waals surface area contributed by atoms with Gasteiger partial charge >= 0.3 is 0 Å². The third-order valence-corrected chi connectivity index (χ3v) is 2.80. The minimum absolute atomic E-state index is 0.450. The first kappa shape index (κ1) is 11.7. The maximum atomic E-state index is 5.52. The maximum absolute atomic E-state index is 5.52. The van der Waals surface area contributed by atoms with Gasteiger partial charge in [0.1, 0.15) is 0 Å². The van der Waals surface area contributed by atoms with Crippen molar-refractivity contribution in [2.24, 2.45) is 5.73 Å². The molecule has 0 unspecified atom stereocenters. The molecule has 19 heavy (non-hydrogen) atoms. The summed E-state index contributed by atoms with van der Waals surface area (Å²) < 4.78 is 10.4. The molecule has 0 fully saturated rings. The zero-order chi connectivity index (χ0) is 13.1. The Kier molecular flexibility index (Phi) is 3.12. The fourth-order valence-corrected chi connectivity index (χ4v) is 1.83. The molecule has 96 valence electrons. The first-order valence-corrected chi connectivity index (χ1v) is 6.04. The third-order valence-electron chi connectivity index (χ3n) is 2.80. The van der Waals surface area contributed by atoms with Crippen molar-refractivity contribution in [3.05, 3.63) is 48.2 Å². The molecule has 5 nitrogen and oxygen atoms in total. The fraction of sp³-hybridized carbons (Fsp3) is 0.143. The molecule has 0 aliphatic heterocycles. The molecular weight excluding hydrogens is 242 g/mol. The van der Waals surface area contributed by atoms with Gasteiger partial charge in [0.15, 0.2) is 5.76 Å². The van der Waals surface area contributed by atoms with Gasteiger partial charge in [0.2, 0.25) is 5.82 Å². The smallest absolute Gasteiger partial charge is 0.258 e. The van der Waals surface area contributed by atoms with Crippen LogP contribution in [0.2, 0.25) is 0 Å². The average Bonchev–Trinajstić information content (AvgIpc) is 3.11. The largest absolute Gasteiger partial charge is 0.461 e. The number of aromatic nitrogens is 2. The van der Waals surface area contributed by atoms with Crippen molar-refractivity contribution in [1.29, 1.82) is 0 Å². The topological polar surface area (TPSA) is 78.1 Å². The molecule has 2 aromatic heterocycles. The number of benzene rings is 1. The van der Waals surface area contributed by atoms with Gasteiger partial charge in [-0.15, -0.1) is 0 Å². The van der Waals surface area contributed by atoms with Crippen molar-refractivity contribution >= 4 is 0 Å². The van der Waals surface area contributed by atoms with Crippen LogP contribution in [0.3, 0.4) is 0 Å². The van der Waals surface area contributed by atoms with Crippen molar-refractivity contribution in [2.75, 3.05) is 6.54 Å². The Bertz CT molecular complexity index is 642. The summed E-state index contributed by atoms with van der Waals surface area (Å²) in [4.78, 5) is 4.30. The average molecular weight is 255 g/mol. The Balaban J connectivity index is 1.86. The van der Waals surface area contributed by atoms with Crippen molar-refractivity contribution in [3.63, 3.8) is 0 Å². The van der Waals surface area contributed by atoms with Crippen molar-refractivity contribution in [1.82, 2.24) is 10.1 Å². The molecule has 3 aromatic rings. The summed E-state index contributed by atoms with van der Waals surface area (Å²) in [5, 5.41) is 3.89. The summed E-state index contributed by atoms with van der Waals surface area (Å²) in [6, 6.07) is 11.5. The third kappa shape index (κ3) is 2.41. The van der Waals surface area contributed by atoms with Gasteiger partial charge in [-0.25, -0.2) is 0 Å². The number of nitrogens with two attached hydrogens (primary N) is 1. The monoisotopic (exact) mass is 255 g/mol. The molecule has 0 aliphatic carbocycles. The van der Waals surface area contributed by atoms with E-state index in [1.54, 1.807) is 18.4 Å². The van der Waals surface area contributed by atoms with Crippen molar-refractivity contribution < 1.29 is 8.94 Å². The van der Waals surface area contributed by atoms with Gasteiger partial charge in [0.05, 0.1) is 6.26 Å². The molecule has 5 heteroatoms. The summed E-state index contributed by atoms with van der Waals surface area (Å²) in [7, 11) is 0. The Morgan fingerprint density at radius 3 is 2.63 bits per heavy atom. The van der Waals surface area contributed by atoms with Gasteiger partial charge in [-0.1, -0.05) is 17.3 Å². The molecule has 0 aliphatic rings. The van der Waals surface area contributed by atoms with E-state index in [1.807, 2.05) is 24.3 Å². The first-order chi connectivity index (χ1) is 9.36. The minimum Gasteiger partial charge on any atom is -0.461 e. The normalized spacial score (nSPS) is 10.8. The summed E-state index contributed by atoms with van der Waals surface area (Å²) in [6.07, 6.45) is 2.44. The number of nitrogens with zero attached hydrogens (tertiary/aromatic N) is 2. The van der Waals surface area contributed by atoms with Crippen LogP contribution in [0.5, 0.6) is 0 Å². The van der Waals surface area contributed by atoms with Gasteiger partial charge in [-0.05, 0) is 42.8 Å². The van der Waals surface area contributed by atoms with Gasteiger partial charge in [-0.3, -0.25) is 0 Å². The number of hydrogen-bond acceptors (Lipinski definition) is 5. The predicted molar refractivity (Wildman–Crippen MR) is 70.2 cm³/mol. The van der Waals surface area contributed by atoms with Gasteiger partial charge in [-0.2, -0.15) is 4.98 Å². The Labute approximate surface area is 110 Å². The maximum Gasteiger partial charge on any atom is 0.258 e. The van der Waals surface area contributed by atoms with Gasteiger partial charge in [0.25, 0.3) is 5.89 Å². The molecular formula is C14H13N3O2. The molecule has 0 saturated carbocycles. The van der Waals surface area contributed by atoms with E-state index in [0.717, 1.165) is 12.0 Å². The van der Waals surface area contributed by atoms with Gasteiger partial charge in [0, 0.05) is 5.56 Å². The number of hydrogen-bond donors (Lipinski definition) is 1. The lowest BCUT2D eigenvalue weighted by Crippen LogP contribution is -2.02. The zero-order valence-corrected chi connectivity index (χ0v) is 10.2.